The molecule has 0 radical (unpaired) electrons. The Morgan fingerprint density at radius 2 is 1.81 bits per heavy atom. The van der Waals surface area contributed by atoms with Gasteiger partial charge in [0.15, 0.2) is 0 Å². The van der Waals surface area contributed by atoms with E-state index in [1.54, 1.807) is 6.07 Å². The molecule has 0 aliphatic carbocycles. The predicted molar refractivity (Wildman–Crippen MR) is 104 cm³/mol. The minimum Gasteiger partial charge on any atom is -0.340 e. The average molecular weight is 392 g/mol. The number of piperidine rings is 1. The van der Waals surface area contributed by atoms with Crippen LogP contribution in [0.15, 0.2) is 52.3 Å². The number of hydrogen-bond donors (Lipinski definition) is 0. The Kier molecular flexibility index (Phi) is 5.12. The standard InChI is InChI=1S/C21H23F3N2S/c1-25-12-5-4-6-16(25)11-13-26-17-7-2-3-8-19(17)27-20-14-15(21(22,23)24)9-10-18(20)26/h2-3,7-10,14,16H,4-6,11-13H2,1H3. The quantitative estimate of drug-likeness (QED) is 0.616. The van der Waals surface area contributed by atoms with E-state index in [1.807, 2.05) is 18.2 Å². The second-order valence-corrected chi connectivity index (χ2v) is 8.40. The molecule has 2 heterocycles. The summed E-state index contributed by atoms with van der Waals surface area (Å²) in [6, 6.07) is 12.6. The van der Waals surface area contributed by atoms with Gasteiger partial charge in [-0.3, -0.25) is 0 Å². The van der Waals surface area contributed by atoms with Gasteiger partial charge in [0.25, 0.3) is 0 Å². The molecular formula is C21H23F3N2S. The van der Waals surface area contributed by atoms with Crippen LogP contribution in [0.25, 0.3) is 0 Å². The van der Waals surface area contributed by atoms with Gasteiger partial charge >= 0.3 is 6.18 Å². The second kappa shape index (κ2) is 7.40. The number of alkyl halides is 3. The molecule has 6 heteroatoms. The molecule has 0 bridgehead atoms. The number of rotatable bonds is 3. The van der Waals surface area contributed by atoms with Crippen LogP contribution >= 0.6 is 11.8 Å². The van der Waals surface area contributed by atoms with Crippen molar-refractivity contribution in [2.45, 2.75) is 47.7 Å². The Balaban J connectivity index is 1.64. The second-order valence-electron chi connectivity index (χ2n) is 7.32. The van der Waals surface area contributed by atoms with Crippen LogP contribution in [0.1, 0.15) is 31.2 Å². The largest absolute Gasteiger partial charge is 0.416 e. The van der Waals surface area contributed by atoms with E-state index in [-0.39, 0.29) is 0 Å². The highest BCUT2D eigenvalue weighted by atomic mass is 32.2. The lowest BCUT2D eigenvalue weighted by Crippen LogP contribution is -2.38. The van der Waals surface area contributed by atoms with E-state index >= 15 is 0 Å². The van der Waals surface area contributed by atoms with Gasteiger partial charge in [0.2, 0.25) is 0 Å². The Hall–Kier alpha value is -1.66. The van der Waals surface area contributed by atoms with E-state index in [2.05, 4.69) is 22.9 Å². The molecule has 4 rings (SSSR count). The van der Waals surface area contributed by atoms with Crippen molar-refractivity contribution in [2.24, 2.45) is 0 Å². The molecule has 0 spiro atoms. The number of hydrogen-bond acceptors (Lipinski definition) is 3. The smallest absolute Gasteiger partial charge is 0.340 e. The van der Waals surface area contributed by atoms with Crippen molar-refractivity contribution in [3.63, 3.8) is 0 Å². The molecule has 2 nitrogen and oxygen atoms in total. The van der Waals surface area contributed by atoms with Crippen LogP contribution in [0.3, 0.4) is 0 Å². The Bertz CT molecular complexity index is 821. The Labute approximate surface area is 162 Å². The lowest BCUT2D eigenvalue weighted by atomic mass is 9.99. The molecule has 0 N–H and O–H groups in total. The van der Waals surface area contributed by atoms with E-state index in [0.29, 0.717) is 10.9 Å². The van der Waals surface area contributed by atoms with Crippen molar-refractivity contribution < 1.29 is 13.2 Å². The van der Waals surface area contributed by atoms with Crippen LogP contribution in [0.4, 0.5) is 24.5 Å². The van der Waals surface area contributed by atoms with Crippen LogP contribution in [0.2, 0.25) is 0 Å². The van der Waals surface area contributed by atoms with Crippen LogP contribution in [-0.2, 0) is 6.18 Å². The molecule has 2 aliphatic rings. The highest BCUT2D eigenvalue weighted by Gasteiger charge is 2.33. The van der Waals surface area contributed by atoms with E-state index < -0.39 is 11.7 Å². The van der Waals surface area contributed by atoms with Crippen LogP contribution < -0.4 is 4.90 Å². The SMILES string of the molecule is CN1CCCCC1CCN1c2ccccc2Sc2cc(C(F)(F)F)ccc21. The lowest BCUT2D eigenvalue weighted by Gasteiger charge is -2.37. The summed E-state index contributed by atoms with van der Waals surface area (Å²) in [7, 11) is 2.17. The highest BCUT2D eigenvalue weighted by molar-refractivity contribution is 7.99. The third-order valence-electron chi connectivity index (χ3n) is 5.56. The van der Waals surface area contributed by atoms with Gasteiger partial charge in [0.05, 0.1) is 16.9 Å². The molecule has 1 fully saturated rings. The first-order chi connectivity index (χ1) is 12.9. The molecule has 144 valence electrons. The van der Waals surface area contributed by atoms with Crippen molar-refractivity contribution in [1.29, 1.82) is 0 Å². The summed E-state index contributed by atoms with van der Waals surface area (Å²) < 4.78 is 39.5. The van der Waals surface area contributed by atoms with Crippen molar-refractivity contribution in [1.82, 2.24) is 4.90 Å². The highest BCUT2D eigenvalue weighted by Crippen LogP contribution is 2.49. The number of likely N-dealkylation sites (tertiary alicyclic amines) is 1. The number of nitrogens with zero attached hydrogens (tertiary/aromatic N) is 2. The average Bonchev–Trinajstić information content (AvgIpc) is 2.65. The maximum absolute atomic E-state index is 13.2. The van der Waals surface area contributed by atoms with E-state index in [4.69, 9.17) is 0 Å². The molecule has 0 saturated carbocycles. The molecule has 1 saturated heterocycles. The van der Waals surface area contributed by atoms with Crippen molar-refractivity contribution in [3.05, 3.63) is 48.0 Å². The minimum absolute atomic E-state index is 0.540. The normalized spacial score (nSPS) is 20.3. The van der Waals surface area contributed by atoms with Gasteiger partial charge < -0.3 is 9.80 Å². The minimum atomic E-state index is -4.32. The van der Waals surface area contributed by atoms with E-state index in [9.17, 15) is 13.2 Å². The molecule has 2 aromatic rings. The van der Waals surface area contributed by atoms with Gasteiger partial charge in [-0.25, -0.2) is 0 Å². The lowest BCUT2D eigenvalue weighted by molar-refractivity contribution is -0.137. The molecule has 0 amide bonds. The zero-order valence-electron chi connectivity index (χ0n) is 15.3. The van der Waals surface area contributed by atoms with Crippen molar-refractivity contribution in [3.8, 4) is 0 Å². The number of fused-ring (bicyclic) bond motifs is 2. The first-order valence-electron chi connectivity index (χ1n) is 9.39. The van der Waals surface area contributed by atoms with Gasteiger partial charge in [0, 0.05) is 22.4 Å². The first kappa shape index (κ1) is 18.7. The van der Waals surface area contributed by atoms with Gasteiger partial charge in [-0.1, -0.05) is 30.3 Å². The summed E-state index contributed by atoms with van der Waals surface area (Å²) in [5.41, 5.74) is 1.39. The summed E-state index contributed by atoms with van der Waals surface area (Å²) in [5.74, 6) is 0. The van der Waals surface area contributed by atoms with Gasteiger partial charge in [-0.15, -0.1) is 0 Å². The topological polar surface area (TPSA) is 6.48 Å². The number of para-hydroxylation sites is 1. The van der Waals surface area contributed by atoms with Crippen LogP contribution in [0, 0.1) is 0 Å². The molecular weight excluding hydrogens is 369 g/mol. The fourth-order valence-electron chi connectivity index (χ4n) is 4.04. The number of halogens is 3. The Morgan fingerprint density at radius 1 is 1.04 bits per heavy atom. The summed E-state index contributed by atoms with van der Waals surface area (Å²) in [5, 5.41) is 0. The van der Waals surface area contributed by atoms with Crippen molar-refractivity contribution in [2.75, 3.05) is 25.0 Å². The summed E-state index contributed by atoms with van der Waals surface area (Å²) in [4.78, 5) is 6.31. The first-order valence-corrected chi connectivity index (χ1v) is 10.2. The van der Waals surface area contributed by atoms with Gasteiger partial charge in [-0.2, -0.15) is 13.2 Å². The van der Waals surface area contributed by atoms with Gasteiger partial charge in [-0.05, 0) is 63.2 Å². The molecule has 2 aromatic carbocycles. The molecule has 27 heavy (non-hydrogen) atoms. The third-order valence-corrected chi connectivity index (χ3v) is 6.67. The molecule has 2 aliphatic heterocycles. The maximum Gasteiger partial charge on any atom is 0.416 e. The van der Waals surface area contributed by atoms with Gasteiger partial charge in [0.1, 0.15) is 0 Å². The van der Waals surface area contributed by atoms with Crippen LogP contribution in [0.5, 0.6) is 0 Å². The predicted octanol–water partition coefficient (Wildman–Crippen LogP) is 6.18. The zero-order valence-corrected chi connectivity index (χ0v) is 16.1. The van der Waals surface area contributed by atoms with Crippen molar-refractivity contribution >= 4 is 23.1 Å². The number of benzene rings is 2. The number of anilines is 2. The fourth-order valence-corrected chi connectivity index (χ4v) is 5.17. The maximum atomic E-state index is 13.2. The summed E-state index contributed by atoms with van der Waals surface area (Å²) in [6.07, 6.45) is 0.394. The zero-order chi connectivity index (χ0) is 19.0. The molecule has 0 aromatic heterocycles. The Morgan fingerprint density at radius 3 is 2.59 bits per heavy atom. The third kappa shape index (κ3) is 3.83. The van der Waals surface area contributed by atoms with E-state index in [0.717, 1.165) is 35.8 Å². The van der Waals surface area contributed by atoms with E-state index in [1.165, 1.54) is 43.2 Å². The summed E-state index contributed by atoms with van der Waals surface area (Å²) in [6.45, 7) is 1.94. The summed E-state index contributed by atoms with van der Waals surface area (Å²) >= 11 is 1.43. The molecule has 1 unspecified atom stereocenters. The molecule has 1 atom stereocenters. The monoisotopic (exact) mass is 392 g/mol. The fraction of sp³-hybridized carbons (Fsp3) is 0.429. The van der Waals surface area contributed by atoms with Crippen LogP contribution in [-0.4, -0.2) is 31.1 Å².